The summed E-state index contributed by atoms with van der Waals surface area (Å²) in [5, 5.41) is 4.19. The molecule has 0 bridgehead atoms. The molecule has 1 N–H and O–H groups in total. The summed E-state index contributed by atoms with van der Waals surface area (Å²) in [4.78, 5) is 16.0. The first-order valence-electron chi connectivity index (χ1n) is 5.50. The van der Waals surface area contributed by atoms with E-state index in [1.54, 1.807) is 6.07 Å². The Kier molecular flexibility index (Phi) is 4.26. The summed E-state index contributed by atoms with van der Waals surface area (Å²) >= 11 is 4.40. The van der Waals surface area contributed by atoms with Crippen molar-refractivity contribution in [2.45, 2.75) is 11.9 Å². The average Bonchev–Trinajstić information content (AvgIpc) is 2.76. The Morgan fingerprint density at radius 3 is 2.65 bits per heavy atom. The van der Waals surface area contributed by atoms with Gasteiger partial charge in [-0.2, -0.15) is 0 Å². The first kappa shape index (κ1) is 15.1. The van der Waals surface area contributed by atoms with Crippen molar-refractivity contribution < 1.29 is 13.2 Å². The SMILES string of the molecule is Cc1ccc(C(=O)Nc2nc(S(C)(=O)=O)cs2)c(Br)c1. The molecule has 0 aliphatic rings. The molecule has 2 aromatic rings. The van der Waals surface area contributed by atoms with Crippen LogP contribution < -0.4 is 5.32 Å². The number of hydrogen-bond acceptors (Lipinski definition) is 5. The number of anilines is 1. The first-order valence-corrected chi connectivity index (χ1v) is 9.07. The highest BCUT2D eigenvalue weighted by molar-refractivity contribution is 9.10. The molecule has 106 valence electrons. The van der Waals surface area contributed by atoms with E-state index in [0.29, 0.717) is 10.0 Å². The number of carbonyl (C=O) groups is 1. The number of nitrogens with zero attached hydrogens (tertiary/aromatic N) is 1. The van der Waals surface area contributed by atoms with Crippen LogP contribution in [0.25, 0.3) is 0 Å². The Balaban J connectivity index is 2.22. The summed E-state index contributed by atoms with van der Waals surface area (Å²) in [7, 11) is -3.36. The minimum absolute atomic E-state index is 0.0410. The molecule has 5 nitrogen and oxygen atoms in total. The van der Waals surface area contributed by atoms with Crippen LogP contribution in [0.15, 0.2) is 33.1 Å². The van der Waals surface area contributed by atoms with Crippen molar-refractivity contribution in [2.24, 2.45) is 0 Å². The third kappa shape index (κ3) is 3.44. The van der Waals surface area contributed by atoms with Gasteiger partial charge in [0.2, 0.25) is 0 Å². The van der Waals surface area contributed by atoms with E-state index in [9.17, 15) is 13.2 Å². The molecule has 20 heavy (non-hydrogen) atoms. The lowest BCUT2D eigenvalue weighted by Gasteiger charge is -2.05. The standard InChI is InChI=1S/C12H11BrN2O3S2/c1-7-3-4-8(9(13)5-7)11(16)15-12-14-10(6-19-12)20(2,17)18/h3-6H,1-2H3,(H,14,15,16). The Bertz CT molecular complexity index is 769. The number of aromatic nitrogens is 1. The number of nitrogens with one attached hydrogen (secondary N) is 1. The van der Waals surface area contributed by atoms with Crippen LogP contribution >= 0.6 is 27.3 Å². The highest BCUT2D eigenvalue weighted by Gasteiger charge is 2.15. The monoisotopic (exact) mass is 374 g/mol. The zero-order valence-corrected chi connectivity index (χ0v) is 13.9. The molecule has 0 radical (unpaired) electrons. The van der Waals surface area contributed by atoms with Gasteiger partial charge in [0, 0.05) is 16.1 Å². The zero-order chi connectivity index (χ0) is 14.9. The van der Waals surface area contributed by atoms with Crippen LogP contribution in [-0.4, -0.2) is 25.6 Å². The highest BCUT2D eigenvalue weighted by Crippen LogP contribution is 2.22. The van der Waals surface area contributed by atoms with Crippen LogP contribution in [0.4, 0.5) is 5.13 Å². The lowest BCUT2D eigenvalue weighted by Crippen LogP contribution is -2.12. The van der Waals surface area contributed by atoms with Crippen molar-refractivity contribution in [1.82, 2.24) is 4.98 Å². The maximum atomic E-state index is 12.1. The van der Waals surface area contributed by atoms with Crippen molar-refractivity contribution in [1.29, 1.82) is 0 Å². The van der Waals surface area contributed by atoms with Crippen LogP contribution in [-0.2, 0) is 9.84 Å². The summed E-state index contributed by atoms with van der Waals surface area (Å²) in [5.74, 6) is -0.341. The van der Waals surface area contributed by atoms with E-state index in [0.717, 1.165) is 23.2 Å². The number of carbonyl (C=O) groups excluding carboxylic acids is 1. The van der Waals surface area contributed by atoms with Gasteiger partial charge in [0.05, 0.1) is 5.56 Å². The second kappa shape index (κ2) is 5.63. The molecule has 0 saturated carbocycles. The molecule has 1 aromatic heterocycles. The normalized spacial score (nSPS) is 11.3. The number of aryl methyl sites for hydroxylation is 1. The van der Waals surface area contributed by atoms with Gasteiger partial charge in [-0.05, 0) is 40.5 Å². The van der Waals surface area contributed by atoms with Crippen molar-refractivity contribution in [3.63, 3.8) is 0 Å². The molecule has 8 heteroatoms. The molecule has 1 aromatic carbocycles. The molecular formula is C12H11BrN2O3S2. The van der Waals surface area contributed by atoms with Crippen LogP contribution in [0.3, 0.4) is 0 Å². The molecule has 0 atom stereocenters. The summed E-state index contributed by atoms with van der Waals surface area (Å²) in [5.41, 5.74) is 1.49. The Hall–Kier alpha value is -1.25. The number of hydrogen-bond donors (Lipinski definition) is 1. The number of amides is 1. The minimum Gasteiger partial charge on any atom is -0.298 e. The van der Waals surface area contributed by atoms with Crippen LogP contribution in [0.1, 0.15) is 15.9 Å². The van der Waals surface area contributed by atoms with Gasteiger partial charge in [0.1, 0.15) is 0 Å². The van der Waals surface area contributed by atoms with Gasteiger partial charge in [0.25, 0.3) is 5.91 Å². The number of thiazole rings is 1. The van der Waals surface area contributed by atoms with E-state index in [-0.39, 0.29) is 16.1 Å². The molecule has 0 fully saturated rings. The molecule has 1 heterocycles. The summed E-state index contributed by atoms with van der Waals surface area (Å²) in [6.07, 6.45) is 1.07. The van der Waals surface area contributed by atoms with Gasteiger partial charge >= 0.3 is 0 Å². The predicted octanol–water partition coefficient (Wildman–Crippen LogP) is 2.87. The fourth-order valence-electron chi connectivity index (χ4n) is 1.46. The molecule has 2 rings (SSSR count). The van der Waals surface area contributed by atoms with Crippen molar-refractivity contribution in [2.75, 3.05) is 11.6 Å². The number of sulfone groups is 1. The predicted molar refractivity (Wildman–Crippen MR) is 82.1 cm³/mol. The second-order valence-electron chi connectivity index (χ2n) is 4.20. The maximum Gasteiger partial charge on any atom is 0.258 e. The molecular weight excluding hydrogens is 364 g/mol. The summed E-state index contributed by atoms with van der Waals surface area (Å²) in [6.45, 7) is 1.92. The number of rotatable bonds is 3. The number of benzene rings is 1. The van der Waals surface area contributed by atoms with E-state index in [4.69, 9.17) is 0 Å². The van der Waals surface area contributed by atoms with Gasteiger partial charge in [-0.3, -0.25) is 10.1 Å². The van der Waals surface area contributed by atoms with Gasteiger partial charge in [0.15, 0.2) is 20.0 Å². The topological polar surface area (TPSA) is 76.1 Å². The molecule has 0 aliphatic carbocycles. The third-order valence-corrected chi connectivity index (χ3v) is 4.98. The van der Waals surface area contributed by atoms with E-state index in [1.807, 2.05) is 19.1 Å². The van der Waals surface area contributed by atoms with Gasteiger partial charge in [-0.1, -0.05) is 6.07 Å². The van der Waals surface area contributed by atoms with Crippen molar-refractivity contribution in [3.8, 4) is 0 Å². The molecule has 0 unspecified atom stereocenters. The van der Waals surface area contributed by atoms with E-state index < -0.39 is 9.84 Å². The quantitative estimate of drug-likeness (QED) is 0.895. The van der Waals surface area contributed by atoms with Gasteiger partial charge in [-0.25, -0.2) is 13.4 Å². The highest BCUT2D eigenvalue weighted by atomic mass is 79.9. The van der Waals surface area contributed by atoms with Crippen LogP contribution in [0, 0.1) is 6.92 Å². The fourth-order valence-corrected chi connectivity index (χ4v) is 3.86. The van der Waals surface area contributed by atoms with E-state index in [1.165, 1.54) is 5.38 Å². The largest absolute Gasteiger partial charge is 0.298 e. The minimum atomic E-state index is -3.36. The second-order valence-corrected chi connectivity index (χ2v) is 7.88. The average molecular weight is 375 g/mol. The Labute approximate surface area is 129 Å². The van der Waals surface area contributed by atoms with Crippen LogP contribution in [0.5, 0.6) is 0 Å². The fraction of sp³-hybridized carbons (Fsp3) is 0.167. The lowest BCUT2D eigenvalue weighted by atomic mass is 10.1. The van der Waals surface area contributed by atoms with Crippen molar-refractivity contribution >= 4 is 48.1 Å². The Morgan fingerprint density at radius 2 is 2.10 bits per heavy atom. The number of halogens is 1. The first-order chi connectivity index (χ1) is 9.27. The smallest absolute Gasteiger partial charge is 0.258 e. The summed E-state index contributed by atoms with van der Waals surface area (Å²) < 4.78 is 23.3. The van der Waals surface area contributed by atoms with Crippen LogP contribution in [0.2, 0.25) is 0 Å². The van der Waals surface area contributed by atoms with Crippen molar-refractivity contribution in [3.05, 3.63) is 39.2 Å². The Morgan fingerprint density at radius 1 is 1.40 bits per heavy atom. The summed E-state index contributed by atoms with van der Waals surface area (Å²) in [6, 6.07) is 5.35. The lowest BCUT2D eigenvalue weighted by molar-refractivity contribution is 0.102. The zero-order valence-electron chi connectivity index (χ0n) is 10.7. The van der Waals surface area contributed by atoms with Gasteiger partial charge in [-0.15, -0.1) is 11.3 Å². The molecule has 1 amide bonds. The van der Waals surface area contributed by atoms with Gasteiger partial charge < -0.3 is 0 Å². The molecule has 0 saturated heterocycles. The van der Waals surface area contributed by atoms with E-state index in [2.05, 4.69) is 26.2 Å². The molecule has 0 spiro atoms. The third-order valence-electron chi connectivity index (χ3n) is 2.45. The maximum absolute atomic E-state index is 12.1. The van der Waals surface area contributed by atoms with E-state index >= 15 is 0 Å². The molecule has 0 aliphatic heterocycles.